The average Bonchev–Trinajstić information content (AvgIpc) is 3.40. The summed E-state index contributed by atoms with van der Waals surface area (Å²) in [6, 6.07) is 23.8. The van der Waals surface area contributed by atoms with Crippen molar-refractivity contribution in [3.8, 4) is 6.07 Å². The van der Waals surface area contributed by atoms with E-state index in [1.807, 2.05) is 42.6 Å². The maximum Gasteiger partial charge on any atom is 0.110 e. The van der Waals surface area contributed by atoms with Crippen molar-refractivity contribution >= 4 is 0 Å². The second-order valence-electron chi connectivity index (χ2n) is 7.42. The zero-order chi connectivity index (χ0) is 18.7. The van der Waals surface area contributed by atoms with Crippen LogP contribution in [0.2, 0.25) is 0 Å². The smallest absolute Gasteiger partial charge is 0.110 e. The van der Waals surface area contributed by atoms with E-state index in [0.29, 0.717) is 6.04 Å². The van der Waals surface area contributed by atoms with Crippen LogP contribution in [0.25, 0.3) is 0 Å². The molecule has 2 atom stereocenters. The molecule has 1 heterocycles. The molecule has 1 saturated carbocycles. The SMILES string of the molecule is CCc1nccn1C1CCC(C(C#N)(c2ccccc2)c2ccccc2)C1. The first-order valence-corrected chi connectivity index (χ1v) is 9.83. The lowest BCUT2D eigenvalue weighted by Crippen LogP contribution is -2.34. The quantitative estimate of drug-likeness (QED) is 0.623. The minimum absolute atomic E-state index is 0.282. The van der Waals surface area contributed by atoms with Gasteiger partial charge in [-0.2, -0.15) is 5.26 Å². The Balaban J connectivity index is 1.76. The highest BCUT2D eigenvalue weighted by Crippen LogP contribution is 2.49. The summed E-state index contributed by atoms with van der Waals surface area (Å²) in [5.74, 6) is 1.42. The zero-order valence-corrected chi connectivity index (χ0v) is 15.8. The molecule has 0 bridgehead atoms. The number of hydrogen-bond donors (Lipinski definition) is 0. The van der Waals surface area contributed by atoms with E-state index in [9.17, 15) is 5.26 Å². The van der Waals surface area contributed by atoms with E-state index in [-0.39, 0.29) is 5.92 Å². The standard InChI is InChI=1S/C24H25N3/c1-2-23-26-15-16-27(23)22-14-13-21(17-22)24(18-25,19-9-5-3-6-10-19)20-11-7-4-8-12-20/h3-12,15-16,21-22H,2,13-14,17H2,1H3. The highest BCUT2D eigenvalue weighted by molar-refractivity contribution is 5.47. The normalized spacial score (nSPS) is 19.7. The number of hydrogen-bond acceptors (Lipinski definition) is 2. The summed E-state index contributed by atoms with van der Waals surface area (Å²) in [6.45, 7) is 2.15. The minimum atomic E-state index is -0.607. The third-order valence-electron chi connectivity index (χ3n) is 6.11. The molecule has 1 aromatic heterocycles. The summed E-state index contributed by atoms with van der Waals surface area (Å²) in [4.78, 5) is 4.50. The first-order valence-electron chi connectivity index (χ1n) is 9.83. The van der Waals surface area contributed by atoms with Crippen LogP contribution in [0.1, 0.15) is 49.2 Å². The van der Waals surface area contributed by atoms with Gasteiger partial charge in [0, 0.05) is 24.9 Å². The van der Waals surface area contributed by atoms with E-state index >= 15 is 0 Å². The predicted octanol–water partition coefficient (Wildman–Crippen LogP) is 5.30. The van der Waals surface area contributed by atoms with Gasteiger partial charge in [-0.15, -0.1) is 0 Å². The lowest BCUT2D eigenvalue weighted by atomic mass is 9.66. The molecular weight excluding hydrogens is 330 g/mol. The number of benzene rings is 2. The summed E-state index contributed by atoms with van der Waals surface area (Å²) >= 11 is 0. The molecule has 136 valence electrons. The Kier molecular flexibility index (Phi) is 4.81. The molecule has 3 heteroatoms. The Morgan fingerprint density at radius 1 is 1.04 bits per heavy atom. The van der Waals surface area contributed by atoms with Gasteiger partial charge in [-0.1, -0.05) is 67.6 Å². The molecule has 3 aromatic rings. The van der Waals surface area contributed by atoms with Crippen molar-refractivity contribution in [2.45, 2.75) is 44.1 Å². The lowest BCUT2D eigenvalue weighted by molar-refractivity contribution is 0.379. The number of aryl methyl sites for hydroxylation is 1. The van der Waals surface area contributed by atoms with E-state index in [4.69, 9.17) is 0 Å². The molecule has 1 aliphatic carbocycles. The maximum absolute atomic E-state index is 10.5. The van der Waals surface area contributed by atoms with Crippen molar-refractivity contribution < 1.29 is 0 Å². The molecule has 4 rings (SSSR count). The largest absolute Gasteiger partial charge is 0.332 e. The Hall–Kier alpha value is -2.86. The fraction of sp³-hybridized carbons (Fsp3) is 0.333. The predicted molar refractivity (Wildman–Crippen MR) is 107 cm³/mol. The van der Waals surface area contributed by atoms with Gasteiger partial charge in [-0.05, 0) is 36.3 Å². The molecule has 0 spiro atoms. The van der Waals surface area contributed by atoms with Crippen molar-refractivity contribution in [3.63, 3.8) is 0 Å². The van der Waals surface area contributed by atoms with Crippen LogP contribution in [0.4, 0.5) is 0 Å². The van der Waals surface area contributed by atoms with Gasteiger partial charge in [0.15, 0.2) is 0 Å². The summed E-state index contributed by atoms with van der Waals surface area (Å²) in [7, 11) is 0. The van der Waals surface area contributed by atoms with Gasteiger partial charge in [0.05, 0.1) is 6.07 Å². The van der Waals surface area contributed by atoms with Gasteiger partial charge in [0.25, 0.3) is 0 Å². The molecule has 0 saturated heterocycles. The molecule has 1 aliphatic rings. The van der Waals surface area contributed by atoms with Gasteiger partial charge in [0.1, 0.15) is 11.2 Å². The van der Waals surface area contributed by atoms with Crippen LogP contribution in [0.15, 0.2) is 73.1 Å². The number of aromatic nitrogens is 2. The van der Waals surface area contributed by atoms with Gasteiger partial charge >= 0.3 is 0 Å². The average molecular weight is 355 g/mol. The third-order valence-corrected chi connectivity index (χ3v) is 6.11. The third kappa shape index (κ3) is 2.96. The molecule has 27 heavy (non-hydrogen) atoms. The fourth-order valence-corrected chi connectivity index (χ4v) is 4.81. The monoisotopic (exact) mass is 355 g/mol. The topological polar surface area (TPSA) is 41.6 Å². The van der Waals surface area contributed by atoms with E-state index in [2.05, 4.69) is 53.0 Å². The molecule has 0 aliphatic heterocycles. The molecular formula is C24H25N3. The molecule has 2 unspecified atom stereocenters. The molecule has 0 radical (unpaired) electrons. The number of nitriles is 1. The van der Waals surface area contributed by atoms with Crippen molar-refractivity contribution in [2.75, 3.05) is 0 Å². The molecule has 2 aromatic carbocycles. The van der Waals surface area contributed by atoms with Crippen LogP contribution in [-0.2, 0) is 11.8 Å². The van der Waals surface area contributed by atoms with Crippen LogP contribution < -0.4 is 0 Å². The van der Waals surface area contributed by atoms with E-state index < -0.39 is 5.41 Å². The number of nitrogens with zero attached hydrogens (tertiary/aromatic N) is 3. The summed E-state index contributed by atoms with van der Waals surface area (Å²) in [5.41, 5.74) is 1.60. The van der Waals surface area contributed by atoms with Crippen LogP contribution in [0.5, 0.6) is 0 Å². The summed E-state index contributed by atoms with van der Waals surface area (Å²) in [5, 5.41) is 10.5. The van der Waals surface area contributed by atoms with Crippen LogP contribution in [0, 0.1) is 17.2 Å². The van der Waals surface area contributed by atoms with Gasteiger partial charge in [-0.25, -0.2) is 4.98 Å². The van der Waals surface area contributed by atoms with Crippen molar-refractivity contribution in [2.24, 2.45) is 5.92 Å². The van der Waals surface area contributed by atoms with E-state index in [0.717, 1.165) is 42.6 Å². The summed E-state index contributed by atoms with van der Waals surface area (Å²) in [6.07, 6.45) is 8.08. The summed E-state index contributed by atoms with van der Waals surface area (Å²) < 4.78 is 2.33. The number of rotatable bonds is 5. The molecule has 0 N–H and O–H groups in total. The van der Waals surface area contributed by atoms with Crippen molar-refractivity contribution in [1.82, 2.24) is 9.55 Å². The Bertz CT molecular complexity index is 882. The second-order valence-corrected chi connectivity index (χ2v) is 7.42. The molecule has 0 amide bonds. The number of imidazole rings is 1. The first-order chi connectivity index (χ1) is 13.3. The van der Waals surface area contributed by atoms with Crippen LogP contribution in [0.3, 0.4) is 0 Å². The minimum Gasteiger partial charge on any atom is -0.332 e. The van der Waals surface area contributed by atoms with E-state index in [1.165, 1.54) is 0 Å². The Morgan fingerprint density at radius 3 is 2.22 bits per heavy atom. The van der Waals surface area contributed by atoms with Gasteiger partial charge in [0.2, 0.25) is 0 Å². The zero-order valence-electron chi connectivity index (χ0n) is 15.8. The van der Waals surface area contributed by atoms with Crippen LogP contribution >= 0.6 is 0 Å². The Labute approximate surface area is 161 Å². The van der Waals surface area contributed by atoms with Crippen LogP contribution in [-0.4, -0.2) is 9.55 Å². The van der Waals surface area contributed by atoms with Crippen molar-refractivity contribution in [3.05, 3.63) is 90.0 Å². The van der Waals surface area contributed by atoms with Gasteiger partial charge < -0.3 is 4.57 Å². The molecule has 3 nitrogen and oxygen atoms in total. The van der Waals surface area contributed by atoms with Crippen molar-refractivity contribution in [1.29, 1.82) is 5.26 Å². The Morgan fingerprint density at radius 2 is 1.67 bits per heavy atom. The maximum atomic E-state index is 10.5. The van der Waals surface area contributed by atoms with Gasteiger partial charge in [-0.3, -0.25) is 0 Å². The first kappa shape index (κ1) is 17.5. The highest BCUT2D eigenvalue weighted by atomic mass is 15.1. The second kappa shape index (κ2) is 7.40. The highest BCUT2D eigenvalue weighted by Gasteiger charge is 2.46. The van der Waals surface area contributed by atoms with E-state index in [1.54, 1.807) is 0 Å². The fourth-order valence-electron chi connectivity index (χ4n) is 4.81. The molecule has 1 fully saturated rings. The lowest BCUT2D eigenvalue weighted by Gasteiger charge is -2.34.